The number of aromatic nitrogens is 4. The van der Waals surface area contributed by atoms with Crippen molar-refractivity contribution in [2.24, 2.45) is 5.10 Å². The van der Waals surface area contributed by atoms with Crippen molar-refractivity contribution in [2.75, 3.05) is 5.32 Å². The lowest BCUT2D eigenvalue weighted by molar-refractivity contribution is 0.102. The Labute approximate surface area is 147 Å². The van der Waals surface area contributed by atoms with Crippen molar-refractivity contribution < 1.29 is 4.79 Å². The quantitative estimate of drug-likeness (QED) is 0.466. The number of pyridine rings is 1. The van der Waals surface area contributed by atoms with Gasteiger partial charge in [-0.2, -0.15) is 10.2 Å². The van der Waals surface area contributed by atoms with Crippen LogP contribution in [0.2, 0.25) is 0 Å². The van der Waals surface area contributed by atoms with Crippen molar-refractivity contribution in [1.82, 2.24) is 25.6 Å². The third-order valence-electron chi connectivity index (χ3n) is 3.26. The molecule has 0 aromatic carbocycles. The molecule has 0 spiro atoms. The van der Waals surface area contributed by atoms with E-state index in [1.807, 2.05) is 25.1 Å². The van der Waals surface area contributed by atoms with Crippen molar-refractivity contribution in [2.45, 2.75) is 6.92 Å². The summed E-state index contributed by atoms with van der Waals surface area (Å²) in [6.07, 6.45) is 4.89. The number of carbonyl (C=O) groups excluding carboxylic acids is 1. The number of amides is 1. The van der Waals surface area contributed by atoms with Gasteiger partial charge >= 0.3 is 0 Å². The Morgan fingerprint density at radius 3 is 3.08 bits per heavy atom. The maximum absolute atomic E-state index is 12.5. The van der Waals surface area contributed by atoms with Crippen LogP contribution in [0, 0.1) is 0 Å². The minimum Gasteiger partial charge on any atom is -0.317 e. The molecule has 0 fully saturated rings. The zero-order valence-electron chi connectivity index (χ0n) is 13.4. The van der Waals surface area contributed by atoms with E-state index in [2.05, 4.69) is 42.7 Å². The summed E-state index contributed by atoms with van der Waals surface area (Å²) in [5.74, 6) is -0.316. The van der Waals surface area contributed by atoms with Gasteiger partial charge in [0.25, 0.3) is 5.91 Å². The lowest BCUT2D eigenvalue weighted by atomic mass is 10.2. The largest absolute Gasteiger partial charge is 0.317 e. The molecule has 9 heteroatoms. The molecule has 0 saturated carbocycles. The van der Waals surface area contributed by atoms with E-state index in [9.17, 15) is 4.79 Å². The van der Waals surface area contributed by atoms with E-state index < -0.39 is 0 Å². The maximum atomic E-state index is 12.5. The average molecular weight is 353 g/mol. The van der Waals surface area contributed by atoms with Crippen LogP contribution in [0.5, 0.6) is 0 Å². The van der Waals surface area contributed by atoms with Gasteiger partial charge in [0, 0.05) is 30.1 Å². The Hall–Kier alpha value is -3.33. The molecular formula is C16H15N7OS. The number of allylic oxidation sites excluding steroid dienone is 1. The first-order valence-corrected chi connectivity index (χ1v) is 8.17. The van der Waals surface area contributed by atoms with Gasteiger partial charge < -0.3 is 5.32 Å². The van der Waals surface area contributed by atoms with Crippen LogP contribution in [0.4, 0.5) is 5.69 Å². The maximum Gasteiger partial charge on any atom is 0.275 e. The first kappa shape index (κ1) is 16.5. The van der Waals surface area contributed by atoms with Crippen molar-refractivity contribution >= 4 is 35.2 Å². The van der Waals surface area contributed by atoms with Gasteiger partial charge in [0.15, 0.2) is 0 Å². The third-order valence-corrected chi connectivity index (χ3v) is 4.23. The summed E-state index contributed by atoms with van der Waals surface area (Å²) in [6.45, 7) is 5.20. The number of anilines is 1. The zero-order valence-corrected chi connectivity index (χ0v) is 14.2. The predicted octanol–water partition coefficient (Wildman–Crippen LogP) is 2.75. The number of thiazole rings is 1. The van der Waals surface area contributed by atoms with E-state index in [-0.39, 0.29) is 5.91 Å². The Morgan fingerprint density at radius 1 is 1.44 bits per heavy atom. The number of hydrazone groups is 1. The Morgan fingerprint density at radius 2 is 2.32 bits per heavy atom. The Kier molecular flexibility index (Phi) is 4.95. The van der Waals surface area contributed by atoms with E-state index in [4.69, 9.17) is 0 Å². The normalized spacial score (nSPS) is 11.2. The van der Waals surface area contributed by atoms with E-state index in [1.54, 1.807) is 24.0 Å². The molecule has 0 aliphatic carbocycles. The SMILES string of the molecule is C=NN/C=C(\C)c1nc(C(=O)Nc2cn[nH]c2-c2ccccn2)cs1. The van der Waals surface area contributed by atoms with Crippen molar-refractivity contribution in [1.29, 1.82) is 0 Å². The summed E-state index contributed by atoms with van der Waals surface area (Å²) < 4.78 is 0. The van der Waals surface area contributed by atoms with E-state index >= 15 is 0 Å². The minimum absolute atomic E-state index is 0.316. The fourth-order valence-corrected chi connectivity index (χ4v) is 2.82. The van der Waals surface area contributed by atoms with E-state index in [1.165, 1.54) is 11.3 Å². The van der Waals surface area contributed by atoms with E-state index in [0.29, 0.717) is 22.8 Å². The summed E-state index contributed by atoms with van der Waals surface area (Å²) in [6, 6.07) is 5.52. The molecule has 0 unspecified atom stereocenters. The molecule has 0 aliphatic heterocycles. The van der Waals surface area contributed by atoms with Gasteiger partial charge in [-0.15, -0.1) is 11.3 Å². The standard InChI is InChI=1S/C16H15N7OS/c1-10(7-19-17-2)16-22-13(9-25-16)15(24)21-12-8-20-23-14(12)11-5-3-4-6-18-11/h3-9,19H,2H2,1H3,(H,20,23)(H,21,24)/b10-7+. The minimum atomic E-state index is -0.316. The number of hydrogen-bond donors (Lipinski definition) is 3. The second-order valence-corrected chi connectivity index (χ2v) is 5.84. The molecule has 0 bridgehead atoms. The highest BCUT2D eigenvalue weighted by Crippen LogP contribution is 2.24. The molecule has 3 N–H and O–H groups in total. The zero-order chi connectivity index (χ0) is 17.6. The van der Waals surface area contributed by atoms with Crippen LogP contribution in [0.3, 0.4) is 0 Å². The molecule has 126 valence electrons. The number of hydrogen-bond acceptors (Lipinski definition) is 7. The highest BCUT2D eigenvalue weighted by atomic mass is 32.1. The smallest absolute Gasteiger partial charge is 0.275 e. The van der Waals surface area contributed by atoms with Gasteiger partial charge in [0.2, 0.25) is 0 Å². The van der Waals surface area contributed by atoms with Crippen molar-refractivity contribution in [3.8, 4) is 11.4 Å². The van der Waals surface area contributed by atoms with Crippen molar-refractivity contribution in [3.63, 3.8) is 0 Å². The highest BCUT2D eigenvalue weighted by Gasteiger charge is 2.16. The molecule has 1 amide bonds. The first-order valence-electron chi connectivity index (χ1n) is 7.29. The number of aromatic amines is 1. The molecule has 0 saturated heterocycles. The van der Waals surface area contributed by atoms with Gasteiger partial charge in [-0.05, 0) is 19.1 Å². The van der Waals surface area contributed by atoms with Crippen LogP contribution in [0.25, 0.3) is 17.0 Å². The lowest BCUT2D eigenvalue weighted by Crippen LogP contribution is -2.12. The van der Waals surface area contributed by atoms with Gasteiger partial charge in [-0.3, -0.25) is 20.3 Å². The molecular weight excluding hydrogens is 338 g/mol. The number of nitrogens with zero attached hydrogens (tertiary/aromatic N) is 4. The van der Waals surface area contributed by atoms with Gasteiger partial charge in [0.1, 0.15) is 16.4 Å². The van der Waals surface area contributed by atoms with Crippen LogP contribution in [-0.2, 0) is 0 Å². The van der Waals surface area contributed by atoms with Gasteiger partial charge in [0.05, 0.1) is 17.6 Å². The van der Waals surface area contributed by atoms with Gasteiger partial charge in [-0.1, -0.05) is 6.07 Å². The van der Waals surface area contributed by atoms with Crippen LogP contribution >= 0.6 is 11.3 Å². The van der Waals surface area contributed by atoms with Gasteiger partial charge in [-0.25, -0.2) is 4.98 Å². The fraction of sp³-hybridized carbons (Fsp3) is 0.0625. The summed E-state index contributed by atoms with van der Waals surface area (Å²) in [5.41, 5.74) is 5.70. The number of carbonyl (C=O) groups is 1. The second-order valence-electron chi connectivity index (χ2n) is 4.98. The molecule has 0 atom stereocenters. The summed E-state index contributed by atoms with van der Waals surface area (Å²) in [7, 11) is 0. The van der Waals surface area contributed by atoms with Crippen molar-refractivity contribution in [3.05, 3.63) is 52.9 Å². The van der Waals surface area contributed by atoms with Crippen LogP contribution in [0.15, 0.2) is 47.3 Å². The molecule has 3 heterocycles. The van der Waals surface area contributed by atoms with E-state index in [0.717, 1.165) is 10.6 Å². The van der Waals surface area contributed by atoms with Crippen LogP contribution in [0.1, 0.15) is 22.4 Å². The summed E-state index contributed by atoms with van der Waals surface area (Å²) >= 11 is 1.37. The number of nitrogens with one attached hydrogen (secondary N) is 3. The predicted molar refractivity (Wildman–Crippen MR) is 98.2 cm³/mol. The third kappa shape index (κ3) is 3.78. The van der Waals surface area contributed by atoms with Crippen LogP contribution in [-0.4, -0.2) is 32.8 Å². The topological polar surface area (TPSA) is 108 Å². The first-order chi connectivity index (χ1) is 12.2. The lowest BCUT2D eigenvalue weighted by Gasteiger charge is -2.03. The highest BCUT2D eigenvalue weighted by molar-refractivity contribution is 7.11. The average Bonchev–Trinajstić information content (AvgIpc) is 3.30. The summed E-state index contributed by atoms with van der Waals surface area (Å²) in [4.78, 5) is 21.0. The molecule has 0 radical (unpaired) electrons. The Balaban J connectivity index is 1.77. The fourth-order valence-electron chi connectivity index (χ4n) is 2.04. The monoisotopic (exact) mass is 353 g/mol. The summed E-state index contributed by atoms with van der Waals surface area (Å²) in [5, 5.41) is 15.6. The molecule has 3 aromatic rings. The number of H-pyrrole nitrogens is 1. The van der Waals surface area contributed by atoms with Crippen LogP contribution < -0.4 is 10.7 Å². The molecule has 0 aliphatic rings. The molecule has 25 heavy (non-hydrogen) atoms. The Bertz CT molecular complexity index is 913. The number of rotatable bonds is 6. The molecule has 3 aromatic heterocycles. The second kappa shape index (κ2) is 7.49. The molecule has 8 nitrogen and oxygen atoms in total. The molecule has 3 rings (SSSR count).